The first-order chi connectivity index (χ1) is 14.3. The molecule has 30 heavy (non-hydrogen) atoms. The predicted molar refractivity (Wildman–Crippen MR) is 120 cm³/mol. The number of aryl methyl sites for hydroxylation is 2. The molecule has 1 unspecified atom stereocenters. The van der Waals surface area contributed by atoms with Gasteiger partial charge in [0, 0.05) is 17.7 Å². The van der Waals surface area contributed by atoms with Crippen LogP contribution in [0.4, 0.5) is 5.69 Å². The summed E-state index contributed by atoms with van der Waals surface area (Å²) in [5.41, 5.74) is 7.09. The van der Waals surface area contributed by atoms with E-state index in [-0.39, 0.29) is 5.91 Å². The van der Waals surface area contributed by atoms with Crippen molar-refractivity contribution in [3.8, 4) is 22.9 Å². The van der Waals surface area contributed by atoms with E-state index in [1.807, 2.05) is 19.1 Å². The molecule has 1 amide bonds. The first-order valence-corrected chi connectivity index (χ1v) is 14.0. The van der Waals surface area contributed by atoms with Gasteiger partial charge in [0.25, 0.3) is 0 Å². The maximum Gasteiger partial charge on any atom is 0.224 e. The van der Waals surface area contributed by atoms with Gasteiger partial charge in [-0.05, 0) is 91.8 Å². The van der Waals surface area contributed by atoms with Crippen LogP contribution in [0.1, 0.15) is 41.2 Å². The van der Waals surface area contributed by atoms with Gasteiger partial charge in [-0.3, -0.25) is 4.79 Å². The molecule has 1 N–H and O–H groups in total. The van der Waals surface area contributed by atoms with Gasteiger partial charge >= 0.3 is 0 Å². The summed E-state index contributed by atoms with van der Waals surface area (Å²) < 4.78 is 12.1. The number of anilines is 1. The summed E-state index contributed by atoms with van der Waals surface area (Å²) in [6.45, 7) is 9.08. The summed E-state index contributed by atoms with van der Waals surface area (Å²) >= 11 is 0. The van der Waals surface area contributed by atoms with Crippen molar-refractivity contribution in [3.05, 3.63) is 46.5 Å². The molecule has 4 rings (SSSR count). The first kappa shape index (κ1) is 20.6. The van der Waals surface area contributed by atoms with Crippen LogP contribution in [-0.4, -0.2) is 20.8 Å². The number of fused-ring (bicyclic) bond motifs is 2. The Labute approximate surface area is 179 Å². The molecule has 0 radical (unpaired) electrons. The van der Waals surface area contributed by atoms with Crippen molar-refractivity contribution in [1.29, 1.82) is 5.26 Å². The quantitative estimate of drug-likeness (QED) is 0.683. The van der Waals surface area contributed by atoms with Gasteiger partial charge in [-0.15, -0.1) is 0 Å². The summed E-state index contributed by atoms with van der Waals surface area (Å²) in [5.74, 6) is 0.968. The minimum absolute atomic E-state index is 0.0196. The van der Waals surface area contributed by atoms with Crippen LogP contribution in [-0.2, 0) is 22.1 Å². The Kier molecular flexibility index (Phi) is 5.43. The van der Waals surface area contributed by atoms with E-state index < -0.39 is 14.4 Å². The van der Waals surface area contributed by atoms with E-state index in [0.29, 0.717) is 12.8 Å². The number of benzene rings is 2. The van der Waals surface area contributed by atoms with Gasteiger partial charge in [-0.2, -0.15) is 5.26 Å². The molecule has 2 aliphatic heterocycles. The highest BCUT2D eigenvalue weighted by atomic mass is 28.4. The van der Waals surface area contributed by atoms with Crippen molar-refractivity contribution < 1.29 is 14.0 Å². The topological polar surface area (TPSA) is 71.3 Å². The molecule has 0 aliphatic carbocycles. The molecule has 0 aromatic heterocycles. The van der Waals surface area contributed by atoms with Gasteiger partial charge in [0.15, 0.2) is 14.4 Å². The third-order valence-corrected chi connectivity index (χ3v) is 6.54. The number of hydrogen-bond acceptors (Lipinski definition) is 4. The van der Waals surface area contributed by atoms with Crippen molar-refractivity contribution in [2.24, 2.45) is 0 Å². The van der Waals surface area contributed by atoms with E-state index >= 15 is 0 Å². The molecule has 2 heterocycles. The fourth-order valence-electron chi connectivity index (χ4n) is 4.41. The van der Waals surface area contributed by atoms with Gasteiger partial charge in [0.05, 0.1) is 12.7 Å². The van der Waals surface area contributed by atoms with E-state index in [4.69, 9.17) is 9.16 Å². The number of hydrogen-bond donors (Lipinski definition) is 1. The Morgan fingerprint density at radius 3 is 2.73 bits per heavy atom. The Balaban J connectivity index is 1.94. The summed E-state index contributed by atoms with van der Waals surface area (Å²) in [5, 5.41) is 13.1. The van der Waals surface area contributed by atoms with Crippen molar-refractivity contribution in [2.75, 3.05) is 11.9 Å². The molecule has 2 aliphatic rings. The summed E-state index contributed by atoms with van der Waals surface area (Å²) in [6.07, 6.45) is 2.38. The van der Waals surface area contributed by atoms with E-state index in [1.54, 1.807) is 0 Å². The molecular weight excluding hydrogens is 392 g/mol. The minimum atomic E-state index is -1.98. The SMILES string of the molecule is Cc1cc2c(c(C(C#N)O[Si](C)(C)C)c1-c1ccc3c(c1)CCCO3)CCC(=O)N2. The lowest BCUT2D eigenvalue weighted by Gasteiger charge is -2.30. The van der Waals surface area contributed by atoms with Crippen LogP contribution >= 0.6 is 0 Å². The maximum atomic E-state index is 12.0. The highest BCUT2D eigenvalue weighted by Crippen LogP contribution is 2.43. The number of carbonyl (C=O) groups is 1. The molecular formula is C24H28N2O3Si. The predicted octanol–water partition coefficient (Wildman–Crippen LogP) is 5.29. The standard InChI is InChI=1S/C24H28N2O3Si/c1-15-12-19-18(8-10-22(27)26-19)24(21(14-25)29-30(2,3)4)23(15)17-7-9-20-16(13-17)6-5-11-28-20/h7,9,12-13,21H,5-6,8,10-11H2,1-4H3,(H,26,27). The highest BCUT2D eigenvalue weighted by Gasteiger charge is 2.31. The van der Waals surface area contributed by atoms with Crippen LogP contribution in [0, 0.1) is 18.3 Å². The lowest BCUT2D eigenvalue weighted by Crippen LogP contribution is -2.29. The van der Waals surface area contributed by atoms with E-state index in [2.05, 4.69) is 43.2 Å². The lowest BCUT2D eigenvalue weighted by atomic mass is 9.84. The number of nitrogens with one attached hydrogen (secondary N) is 1. The Bertz CT molecular complexity index is 1050. The van der Waals surface area contributed by atoms with E-state index in [9.17, 15) is 10.1 Å². The zero-order valence-electron chi connectivity index (χ0n) is 18.1. The third-order valence-electron chi connectivity index (χ3n) is 5.60. The molecule has 5 nitrogen and oxygen atoms in total. The van der Waals surface area contributed by atoms with Gasteiger partial charge in [0.2, 0.25) is 5.91 Å². The normalized spacial score (nSPS) is 16.6. The fourth-order valence-corrected chi connectivity index (χ4v) is 5.29. The third kappa shape index (κ3) is 4.00. The van der Waals surface area contributed by atoms with Gasteiger partial charge in [-0.25, -0.2) is 0 Å². The molecule has 6 heteroatoms. The second kappa shape index (κ2) is 7.90. The van der Waals surface area contributed by atoms with Crippen LogP contribution in [0.5, 0.6) is 5.75 Å². The first-order valence-electron chi connectivity index (χ1n) is 10.6. The second-order valence-corrected chi connectivity index (χ2v) is 13.5. The number of rotatable bonds is 4. The number of amides is 1. The van der Waals surface area contributed by atoms with Gasteiger partial charge < -0.3 is 14.5 Å². The summed E-state index contributed by atoms with van der Waals surface area (Å²) in [6, 6.07) is 10.7. The van der Waals surface area contributed by atoms with Crippen molar-refractivity contribution >= 4 is 19.9 Å². The molecule has 0 spiro atoms. The molecule has 0 fully saturated rings. The van der Waals surface area contributed by atoms with Gasteiger partial charge in [-0.1, -0.05) is 6.07 Å². The average Bonchev–Trinajstić information content (AvgIpc) is 2.70. The molecule has 1 atom stereocenters. The maximum absolute atomic E-state index is 12.0. The lowest BCUT2D eigenvalue weighted by molar-refractivity contribution is -0.116. The summed E-state index contributed by atoms with van der Waals surface area (Å²) in [7, 11) is -1.98. The molecule has 0 saturated heterocycles. The zero-order chi connectivity index (χ0) is 21.5. The Morgan fingerprint density at radius 1 is 1.20 bits per heavy atom. The number of nitrogens with zero attached hydrogens (tertiary/aromatic N) is 1. The molecule has 2 aromatic rings. The van der Waals surface area contributed by atoms with Crippen LogP contribution in [0.3, 0.4) is 0 Å². The molecule has 156 valence electrons. The van der Waals surface area contributed by atoms with Crippen LogP contribution < -0.4 is 10.1 Å². The smallest absolute Gasteiger partial charge is 0.224 e. The fraction of sp³-hybridized carbons (Fsp3) is 0.417. The van der Waals surface area contributed by atoms with E-state index in [0.717, 1.165) is 58.7 Å². The van der Waals surface area contributed by atoms with Crippen LogP contribution in [0.2, 0.25) is 19.6 Å². The number of nitriles is 1. The largest absolute Gasteiger partial charge is 0.493 e. The minimum Gasteiger partial charge on any atom is -0.493 e. The number of ether oxygens (including phenoxy) is 1. The monoisotopic (exact) mass is 420 g/mol. The molecule has 0 saturated carbocycles. The Morgan fingerprint density at radius 2 is 2.00 bits per heavy atom. The molecule has 2 aromatic carbocycles. The average molecular weight is 421 g/mol. The Hall–Kier alpha value is -2.62. The van der Waals surface area contributed by atoms with Crippen molar-refractivity contribution in [1.82, 2.24) is 0 Å². The van der Waals surface area contributed by atoms with Gasteiger partial charge in [0.1, 0.15) is 5.75 Å². The zero-order valence-corrected chi connectivity index (χ0v) is 19.1. The van der Waals surface area contributed by atoms with Crippen molar-refractivity contribution in [2.45, 2.75) is 58.4 Å². The van der Waals surface area contributed by atoms with E-state index in [1.165, 1.54) is 5.56 Å². The van der Waals surface area contributed by atoms with Crippen molar-refractivity contribution in [3.63, 3.8) is 0 Å². The molecule has 0 bridgehead atoms. The number of carbonyl (C=O) groups excluding carboxylic acids is 1. The highest BCUT2D eigenvalue weighted by molar-refractivity contribution is 6.69. The van der Waals surface area contributed by atoms with Crippen LogP contribution in [0.15, 0.2) is 24.3 Å². The second-order valence-electron chi connectivity index (χ2n) is 9.07. The summed E-state index contributed by atoms with van der Waals surface area (Å²) in [4.78, 5) is 12.0. The van der Waals surface area contributed by atoms with Crippen LogP contribution in [0.25, 0.3) is 11.1 Å².